The first kappa shape index (κ1) is 19.0. The maximum absolute atomic E-state index is 6.62. The Bertz CT molecular complexity index is 1300. The SMILES string of the molecule is CSc1ccc([C@@H]2Oc3ccc(Cl)cc3C3=C2[C@H](c2cccs2)n2ncnc2N3)cc1. The average molecular weight is 465 g/mol. The molecule has 5 nitrogen and oxygen atoms in total. The molecule has 6 rings (SSSR count). The Labute approximate surface area is 192 Å². The van der Waals surface area contributed by atoms with Crippen molar-refractivity contribution in [3.05, 3.63) is 92.9 Å². The maximum atomic E-state index is 6.62. The molecular formula is C23H17ClN4OS2. The van der Waals surface area contributed by atoms with E-state index in [0.717, 1.165) is 28.1 Å². The normalized spacial score (nSPS) is 19.2. The Morgan fingerprint density at radius 3 is 2.81 bits per heavy atom. The number of nitrogens with zero attached hydrogens (tertiary/aromatic N) is 3. The van der Waals surface area contributed by atoms with Crippen LogP contribution < -0.4 is 10.1 Å². The van der Waals surface area contributed by atoms with Crippen molar-refractivity contribution < 1.29 is 4.74 Å². The molecule has 4 aromatic rings. The molecule has 2 aromatic heterocycles. The fourth-order valence-corrected chi connectivity index (χ4v) is 5.62. The number of hydrogen-bond donors (Lipinski definition) is 1. The summed E-state index contributed by atoms with van der Waals surface area (Å²) in [7, 11) is 0. The zero-order valence-electron chi connectivity index (χ0n) is 16.4. The molecule has 0 unspecified atom stereocenters. The van der Waals surface area contributed by atoms with E-state index in [2.05, 4.69) is 63.4 Å². The lowest BCUT2D eigenvalue weighted by molar-refractivity contribution is 0.223. The Morgan fingerprint density at radius 2 is 2.03 bits per heavy atom. The molecule has 8 heteroatoms. The third kappa shape index (κ3) is 3.07. The van der Waals surface area contributed by atoms with Crippen molar-refractivity contribution in [1.82, 2.24) is 14.8 Å². The molecule has 0 saturated carbocycles. The van der Waals surface area contributed by atoms with Gasteiger partial charge < -0.3 is 10.1 Å². The van der Waals surface area contributed by atoms with Gasteiger partial charge in [0.25, 0.3) is 0 Å². The lowest BCUT2D eigenvalue weighted by Crippen LogP contribution is -2.32. The summed E-state index contributed by atoms with van der Waals surface area (Å²) in [5, 5.41) is 10.8. The number of fused-ring (bicyclic) bond motifs is 3. The molecule has 2 aliphatic rings. The second kappa shape index (κ2) is 7.44. The summed E-state index contributed by atoms with van der Waals surface area (Å²) in [6.07, 6.45) is 3.40. The van der Waals surface area contributed by atoms with Crippen molar-refractivity contribution in [3.63, 3.8) is 0 Å². The predicted octanol–water partition coefficient (Wildman–Crippen LogP) is 6.27. The second-order valence-corrected chi connectivity index (χ2v) is 9.61. The minimum atomic E-state index is -0.267. The highest BCUT2D eigenvalue weighted by Crippen LogP contribution is 2.51. The van der Waals surface area contributed by atoms with E-state index in [9.17, 15) is 0 Å². The van der Waals surface area contributed by atoms with Crippen LogP contribution in [0, 0.1) is 0 Å². The number of ether oxygens (including phenoxy) is 1. The number of thioether (sulfide) groups is 1. The first-order chi connectivity index (χ1) is 15.2. The monoisotopic (exact) mass is 464 g/mol. The van der Waals surface area contributed by atoms with Crippen LogP contribution >= 0.6 is 34.7 Å². The zero-order valence-corrected chi connectivity index (χ0v) is 18.8. The van der Waals surface area contributed by atoms with Crippen molar-refractivity contribution in [3.8, 4) is 5.75 Å². The van der Waals surface area contributed by atoms with Gasteiger partial charge in [-0.25, -0.2) is 4.68 Å². The van der Waals surface area contributed by atoms with Gasteiger partial charge in [-0.15, -0.1) is 23.1 Å². The smallest absolute Gasteiger partial charge is 0.226 e. The van der Waals surface area contributed by atoms with Crippen LogP contribution in [0.5, 0.6) is 5.75 Å². The highest BCUT2D eigenvalue weighted by Gasteiger charge is 2.41. The van der Waals surface area contributed by atoms with E-state index in [1.165, 1.54) is 9.77 Å². The fraction of sp³-hybridized carbons (Fsp3) is 0.130. The van der Waals surface area contributed by atoms with Gasteiger partial charge in [-0.1, -0.05) is 29.8 Å². The number of thiophene rings is 1. The minimum Gasteiger partial charge on any atom is -0.480 e. The molecule has 0 radical (unpaired) electrons. The number of halogens is 1. The van der Waals surface area contributed by atoms with Crippen molar-refractivity contribution >= 4 is 46.3 Å². The van der Waals surface area contributed by atoms with E-state index in [0.29, 0.717) is 11.0 Å². The summed E-state index contributed by atoms with van der Waals surface area (Å²) in [6.45, 7) is 0. The van der Waals surface area contributed by atoms with E-state index in [1.807, 2.05) is 22.9 Å². The fourth-order valence-electron chi connectivity index (χ4n) is 4.22. The molecule has 0 spiro atoms. The van der Waals surface area contributed by atoms with Crippen molar-refractivity contribution in [2.75, 3.05) is 11.6 Å². The molecule has 1 N–H and O–H groups in total. The van der Waals surface area contributed by atoms with Gasteiger partial charge in [0.2, 0.25) is 5.95 Å². The largest absolute Gasteiger partial charge is 0.480 e. The van der Waals surface area contributed by atoms with E-state index >= 15 is 0 Å². The summed E-state index contributed by atoms with van der Waals surface area (Å²) >= 11 is 9.80. The zero-order chi connectivity index (χ0) is 20.9. The van der Waals surface area contributed by atoms with Crippen molar-refractivity contribution in [2.45, 2.75) is 17.0 Å². The average Bonchev–Trinajstić information content (AvgIpc) is 3.49. The molecule has 31 heavy (non-hydrogen) atoms. The first-order valence-electron chi connectivity index (χ1n) is 9.77. The molecule has 154 valence electrons. The van der Waals surface area contributed by atoms with Crippen LogP contribution in [0.3, 0.4) is 0 Å². The number of benzene rings is 2. The van der Waals surface area contributed by atoms with Crippen LogP contribution in [0.2, 0.25) is 5.02 Å². The van der Waals surface area contributed by atoms with Crippen molar-refractivity contribution in [2.24, 2.45) is 0 Å². The Hall–Kier alpha value is -2.74. The lowest BCUT2D eigenvalue weighted by Gasteiger charge is -2.38. The van der Waals surface area contributed by atoms with Gasteiger partial charge in [0.05, 0.1) is 5.70 Å². The van der Waals surface area contributed by atoms with Gasteiger partial charge in [0.15, 0.2) is 0 Å². The van der Waals surface area contributed by atoms with E-state index < -0.39 is 0 Å². The molecule has 2 aromatic carbocycles. The van der Waals surface area contributed by atoms with Crippen LogP contribution in [0.15, 0.2) is 76.8 Å². The third-order valence-electron chi connectivity index (χ3n) is 5.61. The quantitative estimate of drug-likeness (QED) is 0.362. The van der Waals surface area contributed by atoms with Crippen LogP contribution in [-0.2, 0) is 0 Å². The van der Waals surface area contributed by atoms with Crippen molar-refractivity contribution in [1.29, 1.82) is 0 Å². The summed E-state index contributed by atoms with van der Waals surface area (Å²) in [5.74, 6) is 1.51. The van der Waals surface area contributed by atoms with Gasteiger partial charge in [-0.05, 0) is 53.6 Å². The van der Waals surface area contributed by atoms with E-state index in [1.54, 1.807) is 29.4 Å². The van der Waals surface area contributed by atoms with Gasteiger partial charge in [0.1, 0.15) is 24.2 Å². The number of aromatic nitrogens is 3. The predicted molar refractivity (Wildman–Crippen MR) is 126 cm³/mol. The topological polar surface area (TPSA) is 52.0 Å². The van der Waals surface area contributed by atoms with E-state index in [4.69, 9.17) is 16.3 Å². The van der Waals surface area contributed by atoms with E-state index in [-0.39, 0.29) is 12.1 Å². The van der Waals surface area contributed by atoms with Gasteiger partial charge >= 0.3 is 0 Å². The minimum absolute atomic E-state index is 0.119. The molecule has 2 atom stereocenters. The molecule has 0 saturated heterocycles. The molecule has 0 aliphatic carbocycles. The molecular weight excluding hydrogens is 448 g/mol. The van der Waals surface area contributed by atoms with Gasteiger partial charge in [-0.3, -0.25) is 0 Å². The summed E-state index contributed by atoms with van der Waals surface area (Å²) in [4.78, 5) is 6.86. The maximum Gasteiger partial charge on any atom is 0.226 e. The number of nitrogens with one attached hydrogen (secondary N) is 1. The highest BCUT2D eigenvalue weighted by atomic mass is 35.5. The van der Waals surface area contributed by atoms with Crippen LogP contribution in [0.1, 0.15) is 28.1 Å². The number of rotatable bonds is 3. The lowest BCUT2D eigenvalue weighted by atomic mass is 9.87. The molecule has 4 heterocycles. The third-order valence-corrected chi connectivity index (χ3v) is 7.51. The Kier molecular flexibility index (Phi) is 4.56. The second-order valence-electron chi connectivity index (χ2n) is 7.31. The number of hydrogen-bond acceptors (Lipinski definition) is 6. The summed E-state index contributed by atoms with van der Waals surface area (Å²) in [5.41, 5.74) is 4.13. The van der Waals surface area contributed by atoms with Gasteiger partial charge in [0, 0.05) is 25.9 Å². The first-order valence-corrected chi connectivity index (χ1v) is 12.3. The standard InChI is InChI=1S/C23H17ClN4OS2/c1-30-15-7-4-13(5-8-15)22-19-20(16-11-14(24)6-9-17(16)29-22)27-23-25-12-26-28(23)21(19)18-3-2-10-31-18/h2-12,21-22H,1H3,(H,25,26,27)/t21-,22-/m0/s1. The summed E-state index contributed by atoms with van der Waals surface area (Å²) < 4.78 is 8.55. The summed E-state index contributed by atoms with van der Waals surface area (Å²) in [6, 6.07) is 18.4. The van der Waals surface area contributed by atoms with Crippen LogP contribution in [-0.4, -0.2) is 21.0 Å². The molecule has 0 fully saturated rings. The number of anilines is 1. The molecule has 2 aliphatic heterocycles. The Balaban J connectivity index is 1.61. The van der Waals surface area contributed by atoms with Crippen LogP contribution in [0.25, 0.3) is 5.70 Å². The Morgan fingerprint density at radius 1 is 1.16 bits per heavy atom. The molecule has 0 amide bonds. The van der Waals surface area contributed by atoms with Crippen LogP contribution in [0.4, 0.5) is 5.95 Å². The highest BCUT2D eigenvalue weighted by molar-refractivity contribution is 7.98. The molecule has 0 bridgehead atoms. The van der Waals surface area contributed by atoms with Gasteiger partial charge in [-0.2, -0.15) is 10.1 Å².